The molecule has 2 rings (SSSR count). The minimum Gasteiger partial charge on any atom is -0.294 e. The van der Waals surface area contributed by atoms with Gasteiger partial charge in [-0.25, -0.2) is 4.39 Å². The van der Waals surface area contributed by atoms with Crippen LogP contribution in [0.1, 0.15) is 11.1 Å². The molecule has 100 valence electrons. The molecule has 0 heterocycles. The standard InChI is InChI=1S/C16H17BrFN/c17-9-10-19(12-14-5-2-1-3-6-14)13-15-7-4-8-16(18)11-15/h1-8,11H,9-10,12-13H2. The molecule has 1 nitrogen and oxygen atoms in total. The molecule has 2 aromatic carbocycles. The Balaban J connectivity index is 2.04. The molecule has 0 atom stereocenters. The molecule has 0 amide bonds. The van der Waals surface area contributed by atoms with Crippen LogP contribution in [0.15, 0.2) is 54.6 Å². The highest BCUT2D eigenvalue weighted by Gasteiger charge is 2.07. The van der Waals surface area contributed by atoms with Crippen molar-refractivity contribution < 1.29 is 4.39 Å². The molecule has 0 saturated heterocycles. The molecule has 0 fully saturated rings. The van der Waals surface area contributed by atoms with Crippen molar-refractivity contribution in [3.8, 4) is 0 Å². The van der Waals surface area contributed by atoms with Gasteiger partial charge in [-0.3, -0.25) is 4.90 Å². The van der Waals surface area contributed by atoms with E-state index < -0.39 is 0 Å². The van der Waals surface area contributed by atoms with Crippen molar-refractivity contribution in [3.05, 3.63) is 71.5 Å². The van der Waals surface area contributed by atoms with E-state index in [0.717, 1.165) is 30.5 Å². The molecule has 2 aromatic rings. The minimum atomic E-state index is -0.170. The van der Waals surface area contributed by atoms with Gasteiger partial charge in [0.2, 0.25) is 0 Å². The summed E-state index contributed by atoms with van der Waals surface area (Å²) in [6.45, 7) is 2.58. The molecule has 0 aliphatic heterocycles. The first-order valence-electron chi connectivity index (χ1n) is 6.34. The first-order chi connectivity index (χ1) is 9.28. The average Bonchev–Trinajstić information content (AvgIpc) is 2.40. The summed E-state index contributed by atoms with van der Waals surface area (Å²) in [6.07, 6.45) is 0. The van der Waals surface area contributed by atoms with Crippen molar-refractivity contribution >= 4 is 15.9 Å². The topological polar surface area (TPSA) is 3.24 Å². The maximum absolute atomic E-state index is 13.2. The molecule has 0 N–H and O–H groups in total. The fourth-order valence-corrected chi connectivity index (χ4v) is 2.57. The molecular formula is C16H17BrFN. The van der Waals surface area contributed by atoms with Crippen molar-refractivity contribution in [1.29, 1.82) is 0 Å². The van der Waals surface area contributed by atoms with Crippen LogP contribution in [-0.2, 0) is 13.1 Å². The Labute approximate surface area is 122 Å². The predicted octanol–water partition coefficient (Wildman–Crippen LogP) is 4.22. The van der Waals surface area contributed by atoms with Crippen molar-refractivity contribution in [2.75, 3.05) is 11.9 Å². The van der Waals surface area contributed by atoms with E-state index in [1.807, 2.05) is 24.3 Å². The molecule has 0 aliphatic carbocycles. The van der Waals surface area contributed by atoms with Gasteiger partial charge < -0.3 is 0 Å². The van der Waals surface area contributed by atoms with E-state index in [4.69, 9.17) is 0 Å². The maximum atomic E-state index is 13.2. The van der Waals surface area contributed by atoms with Crippen molar-refractivity contribution in [1.82, 2.24) is 4.90 Å². The van der Waals surface area contributed by atoms with Gasteiger partial charge in [-0.1, -0.05) is 58.4 Å². The van der Waals surface area contributed by atoms with Crippen LogP contribution in [0, 0.1) is 5.82 Å². The van der Waals surface area contributed by atoms with E-state index in [9.17, 15) is 4.39 Å². The molecule has 0 saturated carbocycles. The molecular weight excluding hydrogens is 305 g/mol. The number of benzene rings is 2. The Kier molecular flexibility index (Phi) is 5.55. The van der Waals surface area contributed by atoms with Gasteiger partial charge in [-0.05, 0) is 23.3 Å². The second-order valence-electron chi connectivity index (χ2n) is 4.52. The van der Waals surface area contributed by atoms with Gasteiger partial charge in [0.1, 0.15) is 5.82 Å². The Morgan fingerprint density at radius 2 is 1.58 bits per heavy atom. The predicted molar refractivity (Wildman–Crippen MR) is 80.8 cm³/mol. The molecule has 19 heavy (non-hydrogen) atoms. The molecule has 0 bridgehead atoms. The Hall–Kier alpha value is -1.19. The van der Waals surface area contributed by atoms with Crippen LogP contribution in [-0.4, -0.2) is 16.8 Å². The van der Waals surface area contributed by atoms with Crippen molar-refractivity contribution in [2.45, 2.75) is 13.1 Å². The van der Waals surface area contributed by atoms with Crippen LogP contribution >= 0.6 is 15.9 Å². The number of hydrogen-bond donors (Lipinski definition) is 0. The molecule has 0 radical (unpaired) electrons. The summed E-state index contributed by atoms with van der Waals surface area (Å²) in [5.41, 5.74) is 2.29. The van der Waals surface area contributed by atoms with E-state index in [1.54, 1.807) is 12.1 Å². The molecule has 0 spiro atoms. The zero-order valence-corrected chi connectivity index (χ0v) is 12.3. The van der Waals surface area contributed by atoms with Gasteiger partial charge in [-0.2, -0.15) is 0 Å². The molecule has 3 heteroatoms. The Bertz CT molecular complexity index is 501. The fraction of sp³-hybridized carbons (Fsp3) is 0.250. The van der Waals surface area contributed by atoms with Crippen molar-refractivity contribution in [2.24, 2.45) is 0 Å². The monoisotopic (exact) mass is 321 g/mol. The van der Waals surface area contributed by atoms with Crippen LogP contribution in [0.2, 0.25) is 0 Å². The Morgan fingerprint density at radius 3 is 2.26 bits per heavy atom. The lowest BCUT2D eigenvalue weighted by Gasteiger charge is -2.21. The fourth-order valence-electron chi connectivity index (χ4n) is 2.07. The number of alkyl halides is 1. The van der Waals surface area contributed by atoms with Gasteiger partial charge in [-0.15, -0.1) is 0 Å². The highest BCUT2D eigenvalue weighted by atomic mass is 79.9. The number of rotatable bonds is 6. The summed E-state index contributed by atoms with van der Waals surface area (Å²) in [5, 5.41) is 0.912. The van der Waals surface area contributed by atoms with Crippen LogP contribution < -0.4 is 0 Å². The number of hydrogen-bond acceptors (Lipinski definition) is 1. The average molecular weight is 322 g/mol. The van der Waals surface area contributed by atoms with E-state index >= 15 is 0 Å². The summed E-state index contributed by atoms with van der Waals surface area (Å²) in [4.78, 5) is 2.30. The lowest BCUT2D eigenvalue weighted by atomic mass is 10.1. The summed E-state index contributed by atoms with van der Waals surface area (Å²) in [7, 11) is 0. The van der Waals surface area contributed by atoms with Gasteiger partial charge in [0.05, 0.1) is 0 Å². The lowest BCUT2D eigenvalue weighted by Crippen LogP contribution is -2.24. The second-order valence-corrected chi connectivity index (χ2v) is 5.31. The smallest absolute Gasteiger partial charge is 0.123 e. The third kappa shape index (κ3) is 4.77. The summed E-state index contributed by atoms with van der Waals surface area (Å²) >= 11 is 3.48. The summed E-state index contributed by atoms with van der Waals surface area (Å²) in [5.74, 6) is -0.170. The van der Waals surface area contributed by atoms with Gasteiger partial charge in [0.15, 0.2) is 0 Å². The number of halogens is 2. The van der Waals surface area contributed by atoms with Gasteiger partial charge >= 0.3 is 0 Å². The highest BCUT2D eigenvalue weighted by molar-refractivity contribution is 9.09. The zero-order valence-electron chi connectivity index (χ0n) is 10.7. The second kappa shape index (κ2) is 7.41. The summed E-state index contributed by atoms with van der Waals surface area (Å²) in [6, 6.07) is 17.2. The maximum Gasteiger partial charge on any atom is 0.123 e. The third-order valence-electron chi connectivity index (χ3n) is 2.94. The van der Waals surface area contributed by atoms with Crippen LogP contribution in [0.3, 0.4) is 0 Å². The number of nitrogens with zero attached hydrogens (tertiary/aromatic N) is 1. The van der Waals surface area contributed by atoms with E-state index in [-0.39, 0.29) is 5.82 Å². The lowest BCUT2D eigenvalue weighted by molar-refractivity contribution is 0.274. The van der Waals surface area contributed by atoms with Crippen LogP contribution in [0.5, 0.6) is 0 Å². The van der Waals surface area contributed by atoms with Crippen LogP contribution in [0.25, 0.3) is 0 Å². The SMILES string of the molecule is Fc1cccc(CN(CCBr)Cc2ccccc2)c1. The van der Waals surface area contributed by atoms with E-state index in [0.29, 0.717) is 0 Å². The normalized spacial score (nSPS) is 10.9. The third-order valence-corrected chi connectivity index (χ3v) is 3.30. The highest BCUT2D eigenvalue weighted by Crippen LogP contribution is 2.11. The minimum absolute atomic E-state index is 0.170. The Morgan fingerprint density at radius 1 is 0.895 bits per heavy atom. The van der Waals surface area contributed by atoms with E-state index in [2.05, 4.69) is 33.0 Å². The summed E-state index contributed by atoms with van der Waals surface area (Å²) < 4.78 is 13.2. The zero-order chi connectivity index (χ0) is 13.5. The quantitative estimate of drug-likeness (QED) is 0.720. The van der Waals surface area contributed by atoms with Gasteiger partial charge in [0.25, 0.3) is 0 Å². The van der Waals surface area contributed by atoms with Crippen molar-refractivity contribution in [3.63, 3.8) is 0 Å². The molecule has 0 aromatic heterocycles. The van der Waals surface area contributed by atoms with Gasteiger partial charge in [0, 0.05) is 25.0 Å². The largest absolute Gasteiger partial charge is 0.294 e. The molecule has 0 aliphatic rings. The van der Waals surface area contributed by atoms with Crippen LogP contribution in [0.4, 0.5) is 4.39 Å². The van der Waals surface area contributed by atoms with E-state index in [1.165, 1.54) is 11.6 Å². The molecule has 0 unspecified atom stereocenters. The first kappa shape index (κ1) is 14.2. The first-order valence-corrected chi connectivity index (χ1v) is 7.47.